The van der Waals surface area contributed by atoms with E-state index in [0.29, 0.717) is 16.4 Å². The number of rotatable bonds is 4. The SMILES string of the molecule is CC(c1ccc(F)c(Br)c1)N(C)C1CCCC1CN. The van der Waals surface area contributed by atoms with Gasteiger partial charge in [-0.05, 0) is 72.9 Å². The number of benzene rings is 1. The molecule has 1 aliphatic carbocycles. The van der Waals surface area contributed by atoms with Gasteiger partial charge in [-0.25, -0.2) is 4.39 Å². The number of nitrogens with two attached hydrogens (primary N) is 1. The van der Waals surface area contributed by atoms with Crippen LogP contribution in [0.2, 0.25) is 0 Å². The zero-order valence-corrected chi connectivity index (χ0v) is 13.2. The standard InChI is InChI=1S/C15H22BrFN2/c1-10(11-6-7-14(17)13(16)8-11)19(2)15-5-3-4-12(15)9-18/h6-8,10,12,15H,3-5,9,18H2,1-2H3. The lowest BCUT2D eigenvalue weighted by atomic mass is 9.99. The van der Waals surface area contributed by atoms with Gasteiger partial charge in [0.2, 0.25) is 0 Å². The summed E-state index contributed by atoms with van der Waals surface area (Å²) in [6.07, 6.45) is 3.70. The fourth-order valence-corrected chi connectivity index (χ4v) is 3.52. The van der Waals surface area contributed by atoms with Crippen molar-refractivity contribution in [1.82, 2.24) is 4.90 Å². The Bertz CT molecular complexity index is 438. The molecule has 0 spiro atoms. The normalized spacial score (nSPS) is 24.9. The molecule has 1 fully saturated rings. The summed E-state index contributed by atoms with van der Waals surface area (Å²) < 4.78 is 13.8. The van der Waals surface area contributed by atoms with E-state index < -0.39 is 0 Å². The maximum absolute atomic E-state index is 13.3. The van der Waals surface area contributed by atoms with E-state index in [1.54, 1.807) is 0 Å². The summed E-state index contributed by atoms with van der Waals surface area (Å²) in [5.74, 6) is 0.385. The first-order valence-electron chi connectivity index (χ1n) is 6.91. The molecule has 3 atom stereocenters. The quantitative estimate of drug-likeness (QED) is 0.912. The summed E-state index contributed by atoms with van der Waals surface area (Å²) in [5.41, 5.74) is 7.00. The molecule has 19 heavy (non-hydrogen) atoms. The van der Waals surface area contributed by atoms with Gasteiger partial charge in [-0.15, -0.1) is 0 Å². The van der Waals surface area contributed by atoms with E-state index in [1.807, 2.05) is 12.1 Å². The van der Waals surface area contributed by atoms with Gasteiger partial charge < -0.3 is 5.73 Å². The smallest absolute Gasteiger partial charge is 0.137 e. The van der Waals surface area contributed by atoms with Crippen LogP contribution in [0.3, 0.4) is 0 Å². The van der Waals surface area contributed by atoms with E-state index in [1.165, 1.54) is 25.3 Å². The van der Waals surface area contributed by atoms with Gasteiger partial charge in [0, 0.05) is 12.1 Å². The predicted octanol–water partition coefficient (Wildman–Crippen LogP) is 3.71. The van der Waals surface area contributed by atoms with Crippen LogP contribution in [0.4, 0.5) is 4.39 Å². The van der Waals surface area contributed by atoms with Crippen LogP contribution in [-0.4, -0.2) is 24.5 Å². The van der Waals surface area contributed by atoms with Crippen molar-refractivity contribution in [2.24, 2.45) is 11.7 Å². The van der Waals surface area contributed by atoms with Crippen LogP contribution >= 0.6 is 15.9 Å². The lowest BCUT2D eigenvalue weighted by Gasteiger charge is -2.34. The first-order valence-corrected chi connectivity index (χ1v) is 7.70. The van der Waals surface area contributed by atoms with Crippen molar-refractivity contribution in [1.29, 1.82) is 0 Å². The molecule has 0 bridgehead atoms. The Kier molecular flexibility index (Phi) is 4.98. The zero-order chi connectivity index (χ0) is 14.0. The molecule has 2 nitrogen and oxygen atoms in total. The van der Waals surface area contributed by atoms with Crippen LogP contribution in [0.5, 0.6) is 0 Å². The van der Waals surface area contributed by atoms with Crippen LogP contribution in [0, 0.1) is 11.7 Å². The predicted molar refractivity (Wildman–Crippen MR) is 80.5 cm³/mol. The minimum atomic E-state index is -0.209. The summed E-state index contributed by atoms with van der Waals surface area (Å²) in [5, 5.41) is 0. The van der Waals surface area contributed by atoms with Crippen LogP contribution in [0.15, 0.2) is 22.7 Å². The highest BCUT2D eigenvalue weighted by atomic mass is 79.9. The van der Waals surface area contributed by atoms with Crippen molar-refractivity contribution in [2.75, 3.05) is 13.6 Å². The van der Waals surface area contributed by atoms with Gasteiger partial charge in [0.1, 0.15) is 5.82 Å². The molecule has 0 amide bonds. The summed E-state index contributed by atoms with van der Waals surface area (Å²) in [6.45, 7) is 2.93. The van der Waals surface area contributed by atoms with Gasteiger partial charge >= 0.3 is 0 Å². The molecule has 0 aliphatic heterocycles. The van der Waals surface area contributed by atoms with E-state index in [4.69, 9.17) is 5.73 Å². The number of nitrogens with zero attached hydrogens (tertiary/aromatic N) is 1. The summed E-state index contributed by atoms with van der Waals surface area (Å²) in [6, 6.07) is 6.09. The van der Waals surface area contributed by atoms with Crippen molar-refractivity contribution in [2.45, 2.75) is 38.3 Å². The third-order valence-electron chi connectivity index (χ3n) is 4.48. The molecule has 1 aromatic carbocycles. The fraction of sp³-hybridized carbons (Fsp3) is 0.600. The lowest BCUT2D eigenvalue weighted by Crippen LogP contribution is -2.39. The molecule has 0 radical (unpaired) electrons. The van der Waals surface area contributed by atoms with Crippen LogP contribution < -0.4 is 5.73 Å². The number of hydrogen-bond acceptors (Lipinski definition) is 2. The third kappa shape index (κ3) is 3.18. The summed E-state index contributed by atoms with van der Waals surface area (Å²) in [7, 11) is 2.15. The van der Waals surface area contributed by atoms with Crippen molar-refractivity contribution in [3.8, 4) is 0 Å². The topological polar surface area (TPSA) is 29.3 Å². The Morgan fingerprint density at radius 3 is 2.84 bits per heavy atom. The maximum atomic E-state index is 13.3. The highest BCUT2D eigenvalue weighted by Crippen LogP contribution is 2.34. The number of halogens is 2. The van der Waals surface area contributed by atoms with Gasteiger partial charge in [0.25, 0.3) is 0 Å². The molecule has 0 saturated heterocycles. The first-order chi connectivity index (χ1) is 9.04. The minimum Gasteiger partial charge on any atom is -0.330 e. The molecule has 2 rings (SSSR count). The average Bonchev–Trinajstić information content (AvgIpc) is 2.88. The number of hydrogen-bond donors (Lipinski definition) is 1. The van der Waals surface area contributed by atoms with Gasteiger partial charge in [0.05, 0.1) is 4.47 Å². The van der Waals surface area contributed by atoms with E-state index in [-0.39, 0.29) is 11.9 Å². The van der Waals surface area contributed by atoms with E-state index in [2.05, 4.69) is 34.8 Å². The van der Waals surface area contributed by atoms with Gasteiger partial charge in [-0.2, -0.15) is 0 Å². The van der Waals surface area contributed by atoms with E-state index in [9.17, 15) is 4.39 Å². The molecule has 1 aromatic rings. The van der Waals surface area contributed by atoms with E-state index in [0.717, 1.165) is 12.1 Å². The third-order valence-corrected chi connectivity index (χ3v) is 5.09. The molecule has 0 aromatic heterocycles. The van der Waals surface area contributed by atoms with Gasteiger partial charge in [-0.3, -0.25) is 4.90 Å². The molecule has 4 heteroatoms. The molecule has 1 saturated carbocycles. The molecular weight excluding hydrogens is 307 g/mol. The Labute approximate surface area is 123 Å². The summed E-state index contributed by atoms with van der Waals surface area (Å²) in [4.78, 5) is 2.39. The second kappa shape index (κ2) is 6.33. The molecule has 2 N–H and O–H groups in total. The van der Waals surface area contributed by atoms with Gasteiger partial charge in [-0.1, -0.05) is 12.5 Å². The first kappa shape index (κ1) is 14.9. The zero-order valence-electron chi connectivity index (χ0n) is 11.6. The fourth-order valence-electron chi connectivity index (χ4n) is 3.12. The van der Waals surface area contributed by atoms with Crippen molar-refractivity contribution < 1.29 is 4.39 Å². The minimum absolute atomic E-state index is 0.209. The second-order valence-corrected chi connectivity index (χ2v) is 6.36. The second-order valence-electron chi connectivity index (χ2n) is 5.51. The monoisotopic (exact) mass is 328 g/mol. The van der Waals surface area contributed by atoms with Crippen molar-refractivity contribution in [3.63, 3.8) is 0 Å². The Morgan fingerprint density at radius 2 is 2.21 bits per heavy atom. The Balaban J connectivity index is 2.13. The molecule has 106 valence electrons. The van der Waals surface area contributed by atoms with Crippen LogP contribution in [-0.2, 0) is 0 Å². The highest BCUT2D eigenvalue weighted by molar-refractivity contribution is 9.10. The van der Waals surface area contributed by atoms with Crippen LogP contribution in [0.1, 0.15) is 37.8 Å². The Hall–Kier alpha value is -0.450. The van der Waals surface area contributed by atoms with Crippen molar-refractivity contribution >= 4 is 15.9 Å². The molecule has 3 unspecified atom stereocenters. The van der Waals surface area contributed by atoms with Crippen LogP contribution in [0.25, 0.3) is 0 Å². The van der Waals surface area contributed by atoms with E-state index >= 15 is 0 Å². The average molecular weight is 329 g/mol. The highest BCUT2D eigenvalue weighted by Gasteiger charge is 2.31. The Morgan fingerprint density at radius 1 is 1.47 bits per heavy atom. The maximum Gasteiger partial charge on any atom is 0.137 e. The van der Waals surface area contributed by atoms with Gasteiger partial charge in [0.15, 0.2) is 0 Å². The molecule has 1 aliphatic rings. The molecule has 0 heterocycles. The lowest BCUT2D eigenvalue weighted by molar-refractivity contribution is 0.152. The molecular formula is C15H22BrFN2. The summed E-state index contributed by atoms with van der Waals surface area (Å²) >= 11 is 3.26. The largest absolute Gasteiger partial charge is 0.330 e. The van der Waals surface area contributed by atoms with Crippen molar-refractivity contribution in [3.05, 3.63) is 34.1 Å².